The molecule has 2 aromatic carbocycles. The Kier molecular flexibility index (Phi) is 6.11. The fourth-order valence-corrected chi connectivity index (χ4v) is 5.11. The van der Waals surface area contributed by atoms with Crippen LogP contribution < -0.4 is 0 Å². The van der Waals surface area contributed by atoms with E-state index < -0.39 is 0 Å². The predicted molar refractivity (Wildman–Crippen MR) is 124 cm³/mol. The Morgan fingerprint density at radius 3 is 2.35 bits per heavy atom. The molecule has 0 N–H and O–H groups in total. The second-order valence-corrected chi connectivity index (χ2v) is 10.6. The first-order chi connectivity index (χ1) is 14.7. The van der Waals surface area contributed by atoms with Gasteiger partial charge in [-0.15, -0.1) is 0 Å². The highest BCUT2D eigenvalue weighted by Crippen LogP contribution is 2.33. The molecule has 2 heterocycles. The topological polar surface area (TPSA) is 38.1 Å². The maximum atomic E-state index is 13.2. The summed E-state index contributed by atoms with van der Waals surface area (Å²) in [6.07, 6.45) is 2.06. The van der Waals surface area contributed by atoms with Gasteiger partial charge in [0.05, 0.1) is 11.0 Å². The van der Waals surface area contributed by atoms with Gasteiger partial charge in [0.2, 0.25) is 5.91 Å². The van der Waals surface area contributed by atoms with Crippen molar-refractivity contribution in [2.75, 3.05) is 13.1 Å². The molecule has 1 fully saturated rings. The van der Waals surface area contributed by atoms with Gasteiger partial charge in [-0.2, -0.15) is 0 Å². The number of hydrogen-bond acceptors (Lipinski definition) is 3. The fourth-order valence-electron chi connectivity index (χ4n) is 4.26. The monoisotopic (exact) mass is 439 g/mol. The van der Waals surface area contributed by atoms with E-state index in [0.717, 1.165) is 59.1 Å². The van der Waals surface area contributed by atoms with Crippen LogP contribution in [-0.2, 0) is 16.8 Å². The number of carbonyl (C=O) groups excluding carboxylic acids is 1. The van der Waals surface area contributed by atoms with E-state index in [9.17, 15) is 9.18 Å². The van der Waals surface area contributed by atoms with Crippen molar-refractivity contribution >= 4 is 28.7 Å². The molecule has 0 saturated carbocycles. The van der Waals surface area contributed by atoms with E-state index in [1.54, 1.807) is 30.8 Å². The molecular formula is C25H30FN3OS. The lowest BCUT2D eigenvalue weighted by molar-refractivity contribution is -0.130. The van der Waals surface area contributed by atoms with E-state index in [1.807, 2.05) is 4.90 Å². The van der Waals surface area contributed by atoms with E-state index >= 15 is 0 Å². The molecule has 164 valence electrons. The van der Waals surface area contributed by atoms with Crippen LogP contribution in [0.2, 0.25) is 0 Å². The van der Waals surface area contributed by atoms with E-state index in [4.69, 9.17) is 4.98 Å². The van der Waals surface area contributed by atoms with Crippen LogP contribution in [0.4, 0.5) is 4.39 Å². The number of rotatable bonds is 4. The molecule has 0 unspecified atom stereocenters. The Morgan fingerprint density at radius 2 is 1.74 bits per heavy atom. The van der Waals surface area contributed by atoms with Crippen molar-refractivity contribution in [2.24, 2.45) is 5.92 Å². The van der Waals surface area contributed by atoms with Crippen LogP contribution in [0.5, 0.6) is 0 Å². The minimum absolute atomic E-state index is 0.0661. The summed E-state index contributed by atoms with van der Waals surface area (Å²) in [5, 5.41) is 0. The number of halogens is 1. The Balaban J connectivity index is 1.61. The summed E-state index contributed by atoms with van der Waals surface area (Å²) in [7, 11) is 0. The largest absolute Gasteiger partial charge is 0.343 e. The standard InChI is InChI=1S/C25H30FN3OS/c1-17(30)28-13-11-18(12-14-28)16-29-23-10-9-21(31-20-7-5-19(26)6-8-20)15-22(23)27-24(29)25(2,3)4/h5-10,15,18H,11-14,16H2,1-4H3. The number of amides is 1. The lowest BCUT2D eigenvalue weighted by Gasteiger charge is -2.32. The summed E-state index contributed by atoms with van der Waals surface area (Å²) < 4.78 is 15.6. The minimum Gasteiger partial charge on any atom is -0.343 e. The van der Waals surface area contributed by atoms with E-state index in [2.05, 4.69) is 43.5 Å². The molecule has 1 aliphatic heterocycles. The number of carbonyl (C=O) groups is 1. The molecule has 0 aliphatic carbocycles. The summed E-state index contributed by atoms with van der Waals surface area (Å²) in [5.41, 5.74) is 2.09. The van der Waals surface area contributed by atoms with Crippen LogP contribution in [0.1, 0.15) is 46.4 Å². The molecule has 0 spiro atoms. The van der Waals surface area contributed by atoms with Gasteiger partial charge in [-0.3, -0.25) is 4.79 Å². The van der Waals surface area contributed by atoms with E-state index in [-0.39, 0.29) is 17.1 Å². The molecule has 4 nitrogen and oxygen atoms in total. The number of benzene rings is 2. The summed E-state index contributed by atoms with van der Waals surface area (Å²) in [6.45, 7) is 10.9. The van der Waals surface area contributed by atoms with Gasteiger partial charge in [0.1, 0.15) is 11.6 Å². The molecule has 1 aromatic heterocycles. The number of hydrogen-bond donors (Lipinski definition) is 0. The molecule has 0 radical (unpaired) electrons. The maximum Gasteiger partial charge on any atom is 0.219 e. The summed E-state index contributed by atoms with van der Waals surface area (Å²) in [4.78, 5) is 20.7. The zero-order chi connectivity index (χ0) is 22.2. The van der Waals surface area contributed by atoms with Crippen LogP contribution in [0.25, 0.3) is 11.0 Å². The molecule has 6 heteroatoms. The highest BCUT2D eigenvalue weighted by Gasteiger charge is 2.27. The van der Waals surface area contributed by atoms with Gasteiger partial charge in [-0.25, -0.2) is 9.37 Å². The Hall–Kier alpha value is -2.34. The third-order valence-electron chi connectivity index (χ3n) is 5.94. The third kappa shape index (κ3) is 4.95. The Labute approximate surface area is 187 Å². The first-order valence-electron chi connectivity index (χ1n) is 10.9. The van der Waals surface area contributed by atoms with Crippen molar-refractivity contribution < 1.29 is 9.18 Å². The lowest BCUT2D eigenvalue weighted by Crippen LogP contribution is -2.38. The summed E-state index contributed by atoms with van der Waals surface area (Å²) in [5.74, 6) is 1.60. The van der Waals surface area contributed by atoms with Gasteiger partial charge in [0.15, 0.2) is 0 Å². The number of imidazole rings is 1. The van der Waals surface area contributed by atoms with Crippen LogP contribution >= 0.6 is 11.8 Å². The molecule has 0 bridgehead atoms. The molecule has 0 atom stereocenters. The molecule has 31 heavy (non-hydrogen) atoms. The number of piperidine rings is 1. The Bertz CT molecular complexity index is 1080. The molecular weight excluding hydrogens is 409 g/mol. The summed E-state index contributed by atoms with van der Waals surface area (Å²) in [6, 6.07) is 13.0. The number of nitrogens with zero attached hydrogens (tertiary/aromatic N) is 3. The van der Waals surface area contributed by atoms with Gasteiger partial charge in [0, 0.05) is 41.8 Å². The number of likely N-dealkylation sites (tertiary alicyclic amines) is 1. The number of aromatic nitrogens is 2. The van der Waals surface area contributed by atoms with Gasteiger partial charge in [-0.05, 0) is 61.2 Å². The van der Waals surface area contributed by atoms with Crippen molar-refractivity contribution in [3.63, 3.8) is 0 Å². The normalized spacial score (nSPS) is 15.6. The van der Waals surface area contributed by atoms with Crippen molar-refractivity contribution in [3.8, 4) is 0 Å². The quantitative estimate of drug-likeness (QED) is 0.509. The SMILES string of the molecule is CC(=O)N1CCC(Cn2c(C(C)(C)C)nc3cc(Sc4ccc(F)cc4)ccc32)CC1. The fraction of sp³-hybridized carbons (Fsp3) is 0.440. The first-order valence-corrected chi connectivity index (χ1v) is 11.7. The molecule has 1 saturated heterocycles. The molecule has 1 aliphatic rings. The Morgan fingerprint density at radius 1 is 1.10 bits per heavy atom. The van der Waals surface area contributed by atoms with Crippen molar-refractivity contribution in [1.29, 1.82) is 0 Å². The third-order valence-corrected chi connectivity index (χ3v) is 6.94. The summed E-state index contributed by atoms with van der Waals surface area (Å²) >= 11 is 1.62. The van der Waals surface area contributed by atoms with Gasteiger partial charge < -0.3 is 9.47 Å². The van der Waals surface area contributed by atoms with E-state index in [0.29, 0.717) is 5.92 Å². The van der Waals surface area contributed by atoms with E-state index in [1.165, 1.54) is 12.1 Å². The maximum absolute atomic E-state index is 13.2. The zero-order valence-corrected chi connectivity index (χ0v) is 19.5. The zero-order valence-electron chi connectivity index (χ0n) is 18.7. The van der Waals surface area contributed by atoms with Crippen LogP contribution in [-0.4, -0.2) is 33.4 Å². The van der Waals surface area contributed by atoms with Crippen molar-refractivity contribution in [2.45, 2.75) is 62.3 Å². The van der Waals surface area contributed by atoms with Crippen LogP contribution in [0.3, 0.4) is 0 Å². The van der Waals surface area contributed by atoms with Crippen molar-refractivity contribution in [1.82, 2.24) is 14.5 Å². The molecule has 3 aromatic rings. The smallest absolute Gasteiger partial charge is 0.219 e. The minimum atomic E-state index is -0.220. The average Bonchev–Trinajstić information content (AvgIpc) is 3.08. The van der Waals surface area contributed by atoms with Crippen molar-refractivity contribution in [3.05, 3.63) is 54.1 Å². The molecule has 1 amide bonds. The van der Waals surface area contributed by atoms with Gasteiger partial charge >= 0.3 is 0 Å². The van der Waals surface area contributed by atoms with Gasteiger partial charge in [0.25, 0.3) is 0 Å². The van der Waals surface area contributed by atoms with Gasteiger partial charge in [-0.1, -0.05) is 32.5 Å². The van der Waals surface area contributed by atoms with Crippen LogP contribution in [0.15, 0.2) is 52.3 Å². The second kappa shape index (κ2) is 8.65. The number of fused-ring (bicyclic) bond motifs is 1. The first kappa shape index (κ1) is 21.9. The predicted octanol–water partition coefficient (Wildman–Crippen LogP) is 5.88. The molecule has 4 rings (SSSR count). The second-order valence-electron chi connectivity index (χ2n) is 9.45. The average molecular weight is 440 g/mol. The lowest BCUT2D eigenvalue weighted by atomic mass is 9.93. The van der Waals surface area contributed by atoms with Crippen LogP contribution in [0, 0.1) is 11.7 Å². The highest BCUT2D eigenvalue weighted by atomic mass is 32.2. The highest BCUT2D eigenvalue weighted by molar-refractivity contribution is 7.99.